The molecule has 0 saturated heterocycles. The largest absolute Gasteiger partial charge is 0.574 e. The fraction of sp³-hybridized carbons (Fsp3) is 0.333. The van der Waals surface area contributed by atoms with Crippen molar-refractivity contribution in [3.63, 3.8) is 0 Å². The standard InChI is InChI=1S/C9H7BrF3NO4/c1-17-7-5(3-10)4(8(15)16)2-6(14-7)18-9(11,12)13/h2H,3H2,1H3,(H,15,16). The van der Waals surface area contributed by atoms with Crippen LogP contribution in [0.25, 0.3) is 0 Å². The quantitative estimate of drug-likeness (QED) is 0.860. The van der Waals surface area contributed by atoms with E-state index in [1.54, 1.807) is 0 Å². The molecule has 0 aliphatic heterocycles. The van der Waals surface area contributed by atoms with Gasteiger partial charge < -0.3 is 14.6 Å². The number of carboxylic acid groups (broad SMARTS) is 1. The van der Waals surface area contributed by atoms with E-state index in [0.717, 1.165) is 7.11 Å². The molecular weight excluding hydrogens is 323 g/mol. The van der Waals surface area contributed by atoms with Crippen molar-refractivity contribution >= 4 is 21.9 Å². The second-order valence-corrected chi connectivity index (χ2v) is 3.54. The van der Waals surface area contributed by atoms with Gasteiger partial charge in [-0.25, -0.2) is 4.79 Å². The third-order valence-corrected chi connectivity index (χ3v) is 2.40. The van der Waals surface area contributed by atoms with E-state index in [0.29, 0.717) is 6.07 Å². The van der Waals surface area contributed by atoms with Crippen LogP contribution >= 0.6 is 15.9 Å². The van der Waals surface area contributed by atoms with Gasteiger partial charge in [-0.05, 0) is 0 Å². The normalized spacial score (nSPS) is 11.2. The second-order valence-electron chi connectivity index (χ2n) is 2.98. The number of nitrogens with zero attached hydrogens (tertiary/aromatic N) is 1. The van der Waals surface area contributed by atoms with Crippen LogP contribution in [0.2, 0.25) is 0 Å². The third kappa shape index (κ3) is 3.49. The Labute approximate surface area is 108 Å². The van der Waals surface area contributed by atoms with Gasteiger partial charge in [0.1, 0.15) is 0 Å². The first-order valence-electron chi connectivity index (χ1n) is 4.41. The first-order valence-corrected chi connectivity index (χ1v) is 5.53. The molecule has 0 radical (unpaired) electrons. The molecule has 0 saturated carbocycles. The summed E-state index contributed by atoms with van der Waals surface area (Å²) in [7, 11) is 1.16. The van der Waals surface area contributed by atoms with Crippen LogP contribution in [-0.2, 0) is 5.33 Å². The summed E-state index contributed by atoms with van der Waals surface area (Å²) in [6, 6.07) is 0.689. The van der Waals surface area contributed by atoms with E-state index in [1.807, 2.05) is 0 Å². The van der Waals surface area contributed by atoms with Gasteiger partial charge >= 0.3 is 12.3 Å². The van der Waals surface area contributed by atoms with Crippen molar-refractivity contribution in [2.75, 3.05) is 7.11 Å². The summed E-state index contributed by atoms with van der Waals surface area (Å²) in [4.78, 5) is 14.4. The summed E-state index contributed by atoms with van der Waals surface area (Å²) in [5, 5.41) is 8.97. The van der Waals surface area contributed by atoms with Gasteiger partial charge in [0, 0.05) is 17.0 Å². The number of aromatic carboxylic acids is 1. The van der Waals surface area contributed by atoms with Crippen molar-refractivity contribution in [2.24, 2.45) is 0 Å². The van der Waals surface area contributed by atoms with Crippen LogP contribution in [0.5, 0.6) is 11.8 Å². The van der Waals surface area contributed by atoms with Crippen LogP contribution in [0, 0.1) is 0 Å². The molecular formula is C9H7BrF3NO4. The zero-order valence-electron chi connectivity index (χ0n) is 8.92. The Morgan fingerprint density at radius 1 is 1.56 bits per heavy atom. The SMILES string of the molecule is COc1nc(OC(F)(F)F)cc(C(=O)O)c1CBr. The van der Waals surface area contributed by atoms with Crippen LogP contribution < -0.4 is 9.47 Å². The number of rotatable bonds is 4. The predicted octanol–water partition coefficient (Wildman–Crippen LogP) is 2.58. The van der Waals surface area contributed by atoms with Crippen molar-refractivity contribution in [2.45, 2.75) is 11.7 Å². The predicted molar refractivity (Wildman–Crippen MR) is 57.1 cm³/mol. The van der Waals surface area contributed by atoms with Gasteiger partial charge in [0.2, 0.25) is 11.8 Å². The lowest BCUT2D eigenvalue weighted by molar-refractivity contribution is -0.276. The van der Waals surface area contributed by atoms with E-state index in [4.69, 9.17) is 9.84 Å². The molecule has 0 aliphatic rings. The monoisotopic (exact) mass is 329 g/mol. The van der Waals surface area contributed by atoms with Gasteiger partial charge in [-0.1, -0.05) is 15.9 Å². The van der Waals surface area contributed by atoms with Crippen LogP contribution in [0.4, 0.5) is 13.2 Å². The number of carbonyl (C=O) groups is 1. The molecule has 0 unspecified atom stereocenters. The number of methoxy groups -OCH3 is 1. The van der Waals surface area contributed by atoms with E-state index < -0.39 is 18.2 Å². The Balaban J connectivity index is 3.32. The Kier molecular flexibility index (Phi) is 4.38. The number of aromatic nitrogens is 1. The lowest BCUT2D eigenvalue weighted by Crippen LogP contribution is -2.19. The molecule has 0 aliphatic carbocycles. The lowest BCUT2D eigenvalue weighted by atomic mass is 10.1. The summed E-state index contributed by atoms with van der Waals surface area (Å²) in [5.41, 5.74) is -0.252. The van der Waals surface area contributed by atoms with Crippen molar-refractivity contribution in [3.05, 3.63) is 17.2 Å². The van der Waals surface area contributed by atoms with Crippen molar-refractivity contribution in [3.8, 4) is 11.8 Å². The molecule has 0 aromatic carbocycles. The van der Waals surface area contributed by atoms with E-state index in [9.17, 15) is 18.0 Å². The molecule has 0 bridgehead atoms. The number of halogens is 4. The molecule has 0 spiro atoms. The number of hydrogen-bond donors (Lipinski definition) is 1. The van der Waals surface area contributed by atoms with Gasteiger partial charge in [0.05, 0.1) is 12.7 Å². The first-order chi connectivity index (χ1) is 8.28. The molecule has 0 fully saturated rings. The number of pyridine rings is 1. The summed E-state index contributed by atoms with van der Waals surface area (Å²) in [6.07, 6.45) is -4.95. The Morgan fingerprint density at radius 3 is 2.56 bits per heavy atom. The van der Waals surface area contributed by atoms with E-state index in [1.165, 1.54) is 0 Å². The summed E-state index contributed by atoms with van der Waals surface area (Å²) in [5.74, 6) is -2.54. The maximum atomic E-state index is 12.0. The summed E-state index contributed by atoms with van der Waals surface area (Å²) >= 11 is 3.01. The third-order valence-electron chi connectivity index (χ3n) is 1.84. The van der Waals surface area contributed by atoms with Crippen molar-refractivity contribution in [1.29, 1.82) is 0 Å². The molecule has 1 heterocycles. The highest BCUT2D eigenvalue weighted by atomic mass is 79.9. The average molecular weight is 330 g/mol. The van der Waals surface area contributed by atoms with Crippen molar-refractivity contribution < 1.29 is 32.5 Å². The Hall–Kier alpha value is -1.51. The highest BCUT2D eigenvalue weighted by Gasteiger charge is 2.33. The second kappa shape index (κ2) is 5.42. The fourth-order valence-corrected chi connectivity index (χ4v) is 1.73. The molecule has 1 aromatic rings. The van der Waals surface area contributed by atoms with Gasteiger partial charge in [-0.15, -0.1) is 13.2 Å². The molecule has 9 heteroatoms. The molecule has 5 nitrogen and oxygen atoms in total. The number of alkyl halides is 4. The molecule has 1 aromatic heterocycles. The van der Waals surface area contributed by atoms with Crippen LogP contribution in [0.1, 0.15) is 15.9 Å². The van der Waals surface area contributed by atoms with Gasteiger partial charge in [0.25, 0.3) is 0 Å². The number of ether oxygens (including phenoxy) is 2. The lowest BCUT2D eigenvalue weighted by Gasteiger charge is -2.13. The average Bonchev–Trinajstić information content (AvgIpc) is 2.25. The number of hydrogen-bond acceptors (Lipinski definition) is 4. The smallest absolute Gasteiger partial charge is 0.481 e. The minimum atomic E-state index is -4.95. The highest BCUT2D eigenvalue weighted by molar-refractivity contribution is 9.08. The molecule has 18 heavy (non-hydrogen) atoms. The summed E-state index contributed by atoms with van der Waals surface area (Å²) < 4.78 is 44.4. The Morgan fingerprint density at radius 2 is 2.17 bits per heavy atom. The molecule has 1 rings (SSSR count). The van der Waals surface area contributed by atoms with Crippen LogP contribution in [-0.4, -0.2) is 29.5 Å². The van der Waals surface area contributed by atoms with Gasteiger partial charge in [-0.3, -0.25) is 0 Å². The Bertz CT molecular complexity index is 464. The molecule has 0 amide bonds. The fourth-order valence-electron chi connectivity index (χ4n) is 1.19. The topological polar surface area (TPSA) is 68.7 Å². The molecule has 100 valence electrons. The molecule has 1 N–H and O–H groups in total. The van der Waals surface area contributed by atoms with Gasteiger partial charge in [-0.2, -0.15) is 4.98 Å². The van der Waals surface area contributed by atoms with E-state index in [-0.39, 0.29) is 22.3 Å². The molecule has 0 atom stereocenters. The van der Waals surface area contributed by atoms with Crippen LogP contribution in [0.15, 0.2) is 6.07 Å². The van der Waals surface area contributed by atoms with E-state index >= 15 is 0 Å². The number of carboxylic acids is 1. The highest BCUT2D eigenvalue weighted by Crippen LogP contribution is 2.29. The van der Waals surface area contributed by atoms with E-state index in [2.05, 4.69) is 25.7 Å². The minimum absolute atomic E-state index is 0.0666. The van der Waals surface area contributed by atoms with Crippen LogP contribution in [0.3, 0.4) is 0 Å². The minimum Gasteiger partial charge on any atom is -0.481 e. The summed E-state index contributed by atoms with van der Waals surface area (Å²) in [6.45, 7) is 0. The zero-order valence-corrected chi connectivity index (χ0v) is 10.5. The maximum absolute atomic E-state index is 12.0. The zero-order chi connectivity index (χ0) is 13.9. The maximum Gasteiger partial charge on any atom is 0.574 e. The first kappa shape index (κ1) is 14.6. The van der Waals surface area contributed by atoms with Gasteiger partial charge in [0.15, 0.2) is 0 Å². The van der Waals surface area contributed by atoms with Crippen molar-refractivity contribution in [1.82, 2.24) is 4.98 Å².